The minimum absolute atomic E-state index is 0.0747. The number of aliphatic imine (C=N–C) groups is 1. The number of amidine groups is 1. The molecule has 0 spiro atoms. The molecule has 2 fully saturated rings. The first-order chi connectivity index (χ1) is 14.7. The van der Waals surface area contributed by atoms with Crippen molar-refractivity contribution in [2.75, 3.05) is 23.5 Å². The van der Waals surface area contributed by atoms with Crippen LogP contribution in [0.25, 0.3) is 0 Å². The monoisotopic (exact) mass is 522 g/mol. The number of ether oxygens (including phenoxy) is 1. The first-order valence-corrected chi connectivity index (χ1v) is 13.3. The van der Waals surface area contributed by atoms with Crippen LogP contribution in [0, 0.1) is 13.8 Å². The van der Waals surface area contributed by atoms with Crippen LogP contribution in [0.4, 0.5) is 5.69 Å². The molecule has 2 aliphatic heterocycles. The van der Waals surface area contributed by atoms with Crippen molar-refractivity contribution in [3.8, 4) is 5.75 Å². The maximum Gasteiger partial charge on any atom is 0.252 e. The molecule has 1 amide bonds. The van der Waals surface area contributed by atoms with Gasteiger partial charge in [0.2, 0.25) is 0 Å². The third kappa shape index (κ3) is 4.68. The zero-order chi connectivity index (χ0) is 22.3. The van der Waals surface area contributed by atoms with E-state index in [1.807, 2.05) is 55.1 Å². The minimum Gasteiger partial charge on any atom is -0.497 e. The number of carbonyl (C=O) groups excluding carboxylic acids is 1. The Bertz CT molecular complexity index is 1140. The van der Waals surface area contributed by atoms with Crippen molar-refractivity contribution in [2.45, 2.75) is 31.6 Å². The van der Waals surface area contributed by atoms with Crippen molar-refractivity contribution >= 4 is 54.3 Å². The van der Waals surface area contributed by atoms with E-state index < -0.39 is 9.84 Å². The maximum absolute atomic E-state index is 12.8. The van der Waals surface area contributed by atoms with Crippen LogP contribution in [0.5, 0.6) is 5.75 Å². The van der Waals surface area contributed by atoms with Gasteiger partial charge in [-0.15, -0.1) is 0 Å². The van der Waals surface area contributed by atoms with Gasteiger partial charge in [0.15, 0.2) is 15.0 Å². The molecule has 0 N–H and O–H groups in total. The van der Waals surface area contributed by atoms with Gasteiger partial charge in [-0.05, 0) is 54.8 Å². The fourth-order valence-corrected chi connectivity index (χ4v) is 8.78. The summed E-state index contributed by atoms with van der Waals surface area (Å²) in [6.07, 6.45) is 0.174. The SMILES string of the molecule is COc1ccc(CC(=O)N=C2S[C@@H]3CS(=O)(=O)C[C@H]3N2c2c(C)cc(Br)cc2C)cc1. The molecule has 31 heavy (non-hydrogen) atoms. The molecule has 0 radical (unpaired) electrons. The minimum atomic E-state index is -3.11. The summed E-state index contributed by atoms with van der Waals surface area (Å²) in [5.74, 6) is 0.660. The molecule has 0 bridgehead atoms. The second kappa shape index (κ2) is 8.60. The van der Waals surface area contributed by atoms with Gasteiger partial charge in [0.25, 0.3) is 5.91 Å². The smallest absolute Gasteiger partial charge is 0.252 e. The lowest BCUT2D eigenvalue weighted by molar-refractivity contribution is -0.117. The summed E-state index contributed by atoms with van der Waals surface area (Å²) in [6, 6.07) is 11.1. The number of benzene rings is 2. The van der Waals surface area contributed by atoms with Gasteiger partial charge in [-0.25, -0.2) is 8.42 Å². The number of fused-ring (bicyclic) bond motifs is 1. The molecule has 0 saturated carbocycles. The van der Waals surface area contributed by atoms with E-state index in [0.717, 1.165) is 32.6 Å². The van der Waals surface area contributed by atoms with Gasteiger partial charge in [0.05, 0.1) is 31.1 Å². The van der Waals surface area contributed by atoms with Crippen molar-refractivity contribution in [1.82, 2.24) is 0 Å². The van der Waals surface area contributed by atoms with Crippen LogP contribution in [-0.4, -0.2) is 49.4 Å². The summed E-state index contributed by atoms with van der Waals surface area (Å²) in [5.41, 5.74) is 3.79. The molecule has 2 heterocycles. The highest BCUT2D eigenvalue weighted by atomic mass is 79.9. The number of nitrogens with zero attached hydrogens (tertiary/aromatic N) is 2. The van der Waals surface area contributed by atoms with Gasteiger partial charge in [-0.1, -0.05) is 39.8 Å². The fraction of sp³-hybridized carbons (Fsp3) is 0.364. The summed E-state index contributed by atoms with van der Waals surface area (Å²) in [4.78, 5) is 19.2. The number of halogens is 1. The van der Waals surface area contributed by atoms with Crippen LogP contribution < -0.4 is 9.64 Å². The largest absolute Gasteiger partial charge is 0.497 e. The topological polar surface area (TPSA) is 76.0 Å². The lowest BCUT2D eigenvalue weighted by atomic mass is 10.1. The number of aryl methyl sites for hydroxylation is 2. The molecular weight excluding hydrogens is 500 g/mol. The van der Waals surface area contributed by atoms with Crippen molar-refractivity contribution in [1.29, 1.82) is 0 Å². The Morgan fingerprint density at radius 1 is 1.19 bits per heavy atom. The summed E-state index contributed by atoms with van der Waals surface area (Å²) in [7, 11) is -1.51. The zero-order valence-corrected chi connectivity index (χ0v) is 20.7. The highest BCUT2D eigenvalue weighted by molar-refractivity contribution is 9.10. The summed E-state index contributed by atoms with van der Waals surface area (Å²) >= 11 is 4.92. The first kappa shape index (κ1) is 22.4. The van der Waals surface area contributed by atoms with E-state index in [1.165, 1.54) is 11.8 Å². The van der Waals surface area contributed by atoms with Crippen LogP contribution in [0.15, 0.2) is 45.9 Å². The predicted molar refractivity (Wildman–Crippen MR) is 129 cm³/mol. The van der Waals surface area contributed by atoms with Crippen molar-refractivity contribution in [3.05, 3.63) is 57.6 Å². The molecule has 2 atom stereocenters. The molecule has 2 aromatic rings. The number of rotatable bonds is 4. The average Bonchev–Trinajstić information content (AvgIpc) is 3.13. The molecule has 2 saturated heterocycles. The molecule has 0 aromatic heterocycles. The van der Waals surface area contributed by atoms with Crippen LogP contribution in [-0.2, 0) is 21.1 Å². The van der Waals surface area contributed by atoms with Crippen molar-refractivity contribution in [2.24, 2.45) is 4.99 Å². The standard InChI is InChI=1S/C22H23BrN2O4S2/c1-13-8-16(23)9-14(2)21(13)25-18-11-31(27,28)12-19(18)30-22(25)24-20(26)10-15-4-6-17(29-3)7-5-15/h4-9,18-19H,10-12H2,1-3H3/t18-,19-/m1/s1. The number of hydrogen-bond donors (Lipinski definition) is 0. The van der Waals surface area contributed by atoms with Gasteiger partial charge >= 0.3 is 0 Å². The highest BCUT2D eigenvalue weighted by Crippen LogP contribution is 2.43. The Hall–Kier alpha value is -1.84. The van der Waals surface area contributed by atoms with Gasteiger partial charge in [-0.3, -0.25) is 4.79 Å². The fourth-order valence-electron chi connectivity index (χ4n) is 4.17. The first-order valence-electron chi connectivity index (χ1n) is 9.84. The third-order valence-electron chi connectivity index (χ3n) is 5.50. The van der Waals surface area contributed by atoms with E-state index in [-0.39, 0.29) is 35.1 Å². The van der Waals surface area contributed by atoms with E-state index >= 15 is 0 Å². The normalized spacial score (nSPS) is 23.2. The Balaban J connectivity index is 1.67. The van der Waals surface area contributed by atoms with Gasteiger partial charge < -0.3 is 9.64 Å². The van der Waals surface area contributed by atoms with E-state index in [1.54, 1.807) is 7.11 Å². The molecule has 0 aliphatic carbocycles. The van der Waals surface area contributed by atoms with E-state index in [4.69, 9.17) is 4.74 Å². The maximum atomic E-state index is 12.8. The molecular formula is C22H23BrN2O4S2. The summed E-state index contributed by atoms with van der Waals surface area (Å²) < 4.78 is 30.7. The molecule has 164 valence electrons. The Kier molecular flexibility index (Phi) is 6.20. The second-order valence-corrected chi connectivity index (χ2v) is 12.1. The average molecular weight is 523 g/mol. The quantitative estimate of drug-likeness (QED) is 0.605. The van der Waals surface area contributed by atoms with E-state index in [0.29, 0.717) is 5.17 Å². The lowest BCUT2D eigenvalue weighted by Crippen LogP contribution is -2.38. The van der Waals surface area contributed by atoms with Crippen LogP contribution in [0.1, 0.15) is 16.7 Å². The molecule has 6 nitrogen and oxygen atoms in total. The van der Waals surface area contributed by atoms with Gasteiger partial charge in [0, 0.05) is 15.4 Å². The molecule has 0 unspecified atom stereocenters. The van der Waals surface area contributed by atoms with Crippen LogP contribution >= 0.6 is 27.7 Å². The van der Waals surface area contributed by atoms with Crippen molar-refractivity contribution < 1.29 is 17.9 Å². The van der Waals surface area contributed by atoms with E-state index in [9.17, 15) is 13.2 Å². The lowest BCUT2D eigenvalue weighted by Gasteiger charge is -2.28. The number of amides is 1. The summed E-state index contributed by atoms with van der Waals surface area (Å²) in [5, 5.41) is 0.455. The number of hydrogen-bond acceptors (Lipinski definition) is 5. The Labute approximate surface area is 195 Å². The van der Waals surface area contributed by atoms with Crippen LogP contribution in [0.3, 0.4) is 0 Å². The number of thioether (sulfide) groups is 1. The number of anilines is 1. The predicted octanol–water partition coefficient (Wildman–Crippen LogP) is 3.92. The number of methoxy groups -OCH3 is 1. The Morgan fingerprint density at radius 2 is 1.84 bits per heavy atom. The molecule has 9 heteroatoms. The van der Waals surface area contributed by atoms with E-state index in [2.05, 4.69) is 20.9 Å². The highest BCUT2D eigenvalue weighted by Gasteiger charge is 2.50. The van der Waals surface area contributed by atoms with Crippen LogP contribution in [0.2, 0.25) is 0 Å². The van der Waals surface area contributed by atoms with Gasteiger partial charge in [-0.2, -0.15) is 4.99 Å². The molecule has 2 aliphatic rings. The van der Waals surface area contributed by atoms with Crippen molar-refractivity contribution in [3.63, 3.8) is 0 Å². The second-order valence-electron chi connectivity index (χ2n) is 7.87. The zero-order valence-electron chi connectivity index (χ0n) is 17.5. The van der Waals surface area contributed by atoms with Gasteiger partial charge in [0.1, 0.15) is 5.75 Å². The molecule has 2 aromatic carbocycles. The number of sulfone groups is 1. The molecule has 4 rings (SSSR count). The number of carbonyl (C=O) groups is 1. The Morgan fingerprint density at radius 3 is 2.45 bits per heavy atom. The third-order valence-corrected chi connectivity index (χ3v) is 9.17. The summed E-state index contributed by atoms with van der Waals surface area (Å²) in [6.45, 7) is 3.98.